The molecule has 2 aromatic carbocycles. The fourth-order valence-corrected chi connectivity index (χ4v) is 3.20. The molecule has 1 fully saturated rings. The van der Waals surface area contributed by atoms with Crippen molar-refractivity contribution in [2.45, 2.75) is 19.3 Å². The Bertz CT molecular complexity index is 1010. The lowest BCUT2D eigenvalue weighted by Gasteiger charge is -2.16. The molecule has 30 heavy (non-hydrogen) atoms. The highest BCUT2D eigenvalue weighted by molar-refractivity contribution is 5.87. The molecule has 2 aromatic rings. The summed E-state index contributed by atoms with van der Waals surface area (Å²) in [4.78, 5) is 47.0. The first-order valence-corrected chi connectivity index (χ1v) is 9.01. The maximum absolute atomic E-state index is 12.6. The van der Waals surface area contributed by atoms with E-state index in [-0.39, 0.29) is 34.3 Å². The van der Waals surface area contributed by atoms with Crippen LogP contribution >= 0.6 is 0 Å². The molecule has 0 N–H and O–H groups in total. The quantitative estimate of drug-likeness (QED) is 0.302. The predicted octanol–water partition coefficient (Wildman–Crippen LogP) is 3.42. The summed E-state index contributed by atoms with van der Waals surface area (Å²) in [5, 5.41) is 21.8. The van der Waals surface area contributed by atoms with Gasteiger partial charge in [0.2, 0.25) is 5.91 Å². The molecule has 1 unspecified atom stereocenters. The van der Waals surface area contributed by atoms with Crippen LogP contribution in [-0.4, -0.2) is 39.9 Å². The zero-order valence-corrected chi connectivity index (χ0v) is 15.8. The molecule has 156 valence electrons. The molecule has 0 saturated carbocycles. The minimum atomic E-state index is -1.14. The second-order valence-electron chi connectivity index (χ2n) is 6.44. The molecular formula is C19H17N3O8. The van der Waals surface area contributed by atoms with E-state index in [1.807, 2.05) is 6.92 Å². The molecule has 3 rings (SSSR count). The summed E-state index contributed by atoms with van der Waals surface area (Å²) >= 11 is 0. The predicted molar refractivity (Wildman–Crippen MR) is 102 cm³/mol. The lowest BCUT2D eigenvalue weighted by molar-refractivity contribution is -0.385. The number of benzene rings is 2. The first-order chi connectivity index (χ1) is 14.3. The highest BCUT2D eigenvalue weighted by Gasteiger charge is 2.35. The summed E-state index contributed by atoms with van der Waals surface area (Å²) in [6, 6.07) is 8.41. The van der Waals surface area contributed by atoms with Gasteiger partial charge < -0.3 is 14.4 Å². The topological polar surface area (TPSA) is 142 Å². The maximum Gasteiger partial charge on any atom is 0.519 e. The zero-order valence-electron chi connectivity index (χ0n) is 15.8. The Balaban J connectivity index is 1.82. The minimum Gasteiger partial charge on any atom is -0.395 e. The van der Waals surface area contributed by atoms with Crippen LogP contribution in [0.1, 0.15) is 24.8 Å². The van der Waals surface area contributed by atoms with Crippen LogP contribution in [0.3, 0.4) is 0 Å². The summed E-state index contributed by atoms with van der Waals surface area (Å²) < 4.78 is 10.2. The fraction of sp³-hybridized carbons (Fsp3) is 0.263. The number of nitro benzene ring substituents is 2. The molecule has 11 nitrogen and oxygen atoms in total. The smallest absolute Gasteiger partial charge is 0.395 e. The Morgan fingerprint density at radius 3 is 2.27 bits per heavy atom. The second-order valence-corrected chi connectivity index (χ2v) is 6.44. The Hall–Kier alpha value is -4.02. The molecule has 0 radical (unpaired) electrons. The number of hydrogen-bond acceptors (Lipinski definition) is 8. The van der Waals surface area contributed by atoms with Gasteiger partial charge in [0.05, 0.1) is 15.8 Å². The van der Waals surface area contributed by atoms with Gasteiger partial charge in [-0.3, -0.25) is 25.0 Å². The van der Waals surface area contributed by atoms with Crippen molar-refractivity contribution < 1.29 is 28.9 Å². The molecule has 1 saturated heterocycles. The molecule has 1 amide bonds. The van der Waals surface area contributed by atoms with Crippen LogP contribution in [0.25, 0.3) is 0 Å². The molecule has 0 aromatic heterocycles. The lowest BCUT2D eigenvalue weighted by atomic mass is 9.96. The molecule has 1 atom stereocenters. The van der Waals surface area contributed by atoms with E-state index in [1.165, 1.54) is 24.3 Å². The molecular weight excluding hydrogens is 398 g/mol. The highest BCUT2D eigenvalue weighted by atomic mass is 16.7. The van der Waals surface area contributed by atoms with Crippen LogP contribution in [0.15, 0.2) is 42.5 Å². The van der Waals surface area contributed by atoms with Crippen LogP contribution in [0.2, 0.25) is 0 Å². The summed E-state index contributed by atoms with van der Waals surface area (Å²) in [6.07, 6.45) is -0.710. The van der Waals surface area contributed by atoms with E-state index in [0.717, 1.165) is 18.2 Å². The van der Waals surface area contributed by atoms with Gasteiger partial charge in [-0.1, -0.05) is 0 Å². The summed E-state index contributed by atoms with van der Waals surface area (Å²) in [5.74, 6) is -0.884. The fourth-order valence-electron chi connectivity index (χ4n) is 3.20. The van der Waals surface area contributed by atoms with Crippen molar-refractivity contribution in [3.05, 3.63) is 68.3 Å². The number of non-ortho nitro benzene ring substituents is 2. The third-order valence-corrected chi connectivity index (χ3v) is 4.70. The number of ether oxygens (including phenoxy) is 2. The van der Waals surface area contributed by atoms with Crippen LogP contribution in [0, 0.1) is 20.2 Å². The molecule has 1 aliphatic heterocycles. The molecule has 0 spiro atoms. The third kappa shape index (κ3) is 4.35. The van der Waals surface area contributed by atoms with E-state index in [0.29, 0.717) is 19.5 Å². The van der Waals surface area contributed by atoms with E-state index in [1.54, 1.807) is 4.90 Å². The molecule has 0 aliphatic carbocycles. The molecule has 1 heterocycles. The van der Waals surface area contributed by atoms with Crippen molar-refractivity contribution in [3.63, 3.8) is 0 Å². The van der Waals surface area contributed by atoms with E-state index in [9.17, 15) is 29.8 Å². The van der Waals surface area contributed by atoms with Gasteiger partial charge in [0.1, 0.15) is 11.5 Å². The van der Waals surface area contributed by atoms with Gasteiger partial charge in [0, 0.05) is 42.9 Å². The largest absolute Gasteiger partial charge is 0.519 e. The highest BCUT2D eigenvalue weighted by Crippen LogP contribution is 2.37. The molecule has 11 heteroatoms. The Kier molecular flexibility index (Phi) is 5.90. The Labute approximate surface area is 170 Å². The van der Waals surface area contributed by atoms with Crippen molar-refractivity contribution in [2.24, 2.45) is 0 Å². The molecule has 0 bridgehead atoms. The first-order valence-electron chi connectivity index (χ1n) is 9.01. The normalized spacial score (nSPS) is 15.7. The van der Waals surface area contributed by atoms with Crippen molar-refractivity contribution >= 4 is 23.4 Å². The molecule has 1 aliphatic rings. The van der Waals surface area contributed by atoms with Gasteiger partial charge in [-0.05, 0) is 31.5 Å². The van der Waals surface area contributed by atoms with E-state index < -0.39 is 21.9 Å². The van der Waals surface area contributed by atoms with Crippen LogP contribution in [0.5, 0.6) is 11.5 Å². The second kappa shape index (κ2) is 8.55. The SMILES string of the molecule is CCN1CCC(c2cc([N+](=O)[O-])ccc2OC(=O)Oc2ccc([N+](=O)[O-])cc2)C1=O. The number of nitro groups is 2. The summed E-state index contributed by atoms with van der Waals surface area (Å²) in [5.41, 5.74) is -0.178. The Morgan fingerprint density at radius 2 is 1.70 bits per heavy atom. The van der Waals surface area contributed by atoms with Crippen molar-refractivity contribution in [1.29, 1.82) is 0 Å². The van der Waals surface area contributed by atoms with Gasteiger partial charge in [0.25, 0.3) is 11.4 Å². The van der Waals surface area contributed by atoms with Crippen molar-refractivity contribution in [1.82, 2.24) is 4.90 Å². The van der Waals surface area contributed by atoms with Crippen molar-refractivity contribution in [3.8, 4) is 11.5 Å². The number of hydrogen-bond donors (Lipinski definition) is 0. The average Bonchev–Trinajstić information content (AvgIpc) is 3.08. The number of nitrogens with zero attached hydrogens (tertiary/aromatic N) is 3. The van der Waals surface area contributed by atoms with Gasteiger partial charge in [0.15, 0.2) is 0 Å². The van der Waals surface area contributed by atoms with Crippen LogP contribution < -0.4 is 9.47 Å². The standard InChI is InChI=1S/C19H17N3O8/c1-2-20-10-9-15(18(20)23)16-11-13(22(27)28)5-8-17(16)30-19(24)29-14-6-3-12(4-7-14)21(25)26/h3-8,11,15H,2,9-10H2,1H3. The number of amides is 1. The number of likely N-dealkylation sites (N-methyl/N-ethyl adjacent to an activating group) is 1. The van der Waals surface area contributed by atoms with Gasteiger partial charge in [-0.25, -0.2) is 4.79 Å². The summed E-state index contributed by atoms with van der Waals surface area (Å²) in [7, 11) is 0. The van der Waals surface area contributed by atoms with E-state index >= 15 is 0 Å². The van der Waals surface area contributed by atoms with Crippen LogP contribution in [-0.2, 0) is 4.79 Å². The zero-order chi connectivity index (χ0) is 21.8. The van der Waals surface area contributed by atoms with Crippen molar-refractivity contribution in [2.75, 3.05) is 13.1 Å². The first kappa shape index (κ1) is 20.7. The van der Waals surface area contributed by atoms with E-state index in [4.69, 9.17) is 9.47 Å². The van der Waals surface area contributed by atoms with Crippen LogP contribution in [0.4, 0.5) is 16.2 Å². The lowest BCUT2D eigenvalue weighted by Crippen LogP contribution is -2.26. The van der Waals surface area contributed by atoms with E-state index in [2.05, 4.69) is 0 Å². The summed E-state index contributed by atoms with van der Waals surface area (Å²) in [6.45, 7) is 2.82. The number of rotatable bonds is 6. The number of carbonyl (C=O) groups excluding carboxylic acids is 2. The monoisotopic (exact) mass is 415 g/mol. The van der Waals surface area contributed by atoms with Gasteiger partial charge in [-0.15, -0.1) is 0 Å². The maximum atomic E-state index is 12.6. The number of carbonyl (C=O) groups is 2. The minimum absolute atomic E-state index is 0.0168. The average molecular weight is 415 g/mol. The number of likely N-dealkylation sites (tertiary alicyclic amines) is 1. The van der Waals surface area contributed by atoms with Gasteiger partial charge >= 0.3 is 6.16 Å². The Morgan fingerprint density at radius 1 is 1.07 bits per heavy atom. The van der Waals surface area contributed by atoms with Gasteiger partial charge in [-0.2, -0.15) is 0 Å². The third-order valence-electron chi connectivity index (χ3n) is 4.70.